The SMILES string of the molecule is COc1ccc2cc(NC(=O)CO)ccc2c1. The minimum absolute atomic E-state index is 0.419. The first-order valence-corrected chi connectivity index (χ1v) is 5.21. The standard InChI is InChI=1S/C13H13NO3/c1-17-12-5-3-9-6-11(14-13(16)8-15)4-2-10(9)7-12/h2-7,15H,8H2,1H3,(H,14,16). The van der Waals surface area contributed by atoms with E-state index in [4.69, 9.17) is 9.84 Å². The number of fused-ring (bicyclic) bond motifs is 1. The van der Waals surface area contributed by atoms with Gasteiger partial charge in [0.15, 0.2) is 0 Å². The average Bonchev–Trinajstić information content (AvgIpc) is 2.38. The second kappa shape index (κ2) is 4.84. The monoisotopic (exact) mass is 231 g/mol. The number of anilines is 1. The van der Waals surface area contributed by atoms with E-state index in [9.17, 15) is 4.79 Å². The summed E-state index contributed by atoms with van der Waals surface area (Å²) >= 11 is 0. The molecule has 0 heterocycles. The molecule has 0 spiro atoms. The van der Waals surface area contributed by atoms with E-state index in [1.165, 1.54) is 0 Å². The molecule has 0 radical (unpaired) electrons. The Balaban J connectivity index is 2.34. The van der Waals surface area contributed by atoms with Gasteiger partial charge in [-0.05, 0) is 35.0 Å². The predicted molar refractivity (Wildman–Crippen MR) is 66.2 cm³/mol. The number of amides is 1. The van der Waals surface area contributed by atoms with Crippen LogP contribution in [0.15, 0.2) is 36.4 Å². The number of hydrogen-bond donors (Lipinski definition) is 2. The number of rotatable bonds is 3. The van der Waals surface area contributed by atoms with Crippen LogP contribution in [-0.4, -0.2) is 24.7 Å². The van der Waals surface area contributed by atoms with Crippen molar-refractivity contribution in [3.63, 3.8) is 0 Å². The average molecular weight is 231 g/mol. The van der Waals surface area contributed by atoms with E-state index in [1.807, 2.05) is 30.3 Å². The number of nitrogens with one attached hydrogen (secondary N) is 1. The minimum Gasteiger partial charge on any atom is -0.497 e. The van der Waals surface area contributed by atoms with Gasteiger partial charge in [0.1, 0.15) is 12.4 Å². The molecule has 0 aromatic heterocycles. The molecule has 0 aliphatic rings. The molecule has 0 atom stereocenters. The third kappa shape index (κ3) is 2.54. The lowest BCUT2D eigenvalue weighted by Crippen LogP contribution is -2.15. The summed E-state index contributed by atoms with van der Waals surface area (Å²) in [5.41, 5.74) is 0.668. The molecule has 2 rings (SSSR count). The van der Waals surface area contributed by atoms with Gasteiger partial charge in [-0.1, -0.05) is 12.1 Å². The smallest absolute Gasteiger partial charge is 0.250 e. The topological polar surface area (TPSA) is 58.6 Å². The lowest BCUT2D eigenvalue weighted by Gasteiger charge is -2.06. The van der Waals surface area contributed by atoms with E-state index in [1.54, 1.807) is 13.2 Å². The Bertz CT molecular complexity index is 551. The molecule has 0 saturated carbocycles. The van der Waals surface area contributed by atoms with Crippen LogP contribution in [0.2, 0.25) is 0 Å². The van der Waals surface area contributed by atoms with Crippen LogP contribution < -0.4 is 10.1 Å². The molecular formula is C13H13NO3. The quantitative estimate of drug-likeness (QED) is 0.846. The number of carbonyl (C=O) groups is 1. The van der Waals surface area contributed by atoms with Crippen LogP contribution in [-0.2, 0) is 4.79 Å². The highest BCUT2D eigenvalue weighted by Crippen LogP contribution is 2.23. The van der Waals surface area contributed by atoms with Crippen molar-refractivity contribution in [1.29, 1.82) is 0 Å². The van der Waals surface area contributed by atoms with Gasteiger partial charge in [-0.25, -0.2) is 0 Å². The molecule has 2 aromatic carbocycles. The number of methoxy groups -OCH3 is 1. The Labute approximate surface area is 98.8 Å². The Morgan fingerprint density at radius 3 is 2.65 bits per heavy atom. The first-order chi connectivity index (χ1) is 8.22. The molecule has 0 bridgehead atoms. The third-order valence-corrected chi connectivity index (χ3v) is 2.47. The fourth-order valence-corrected chi connectivity index (χ4v) is 1.63. The van der Waals surface area contributed by atoms with Gasteiger partial charge in [-0.2, -0.15) is 0 Å². The van der Waals surface area contributed by atoms with Crippen molar-refractivity contribution in [2.24, 2.45) is 0 Å². The fraction of sp³-hybridized carbons (Fsp3) is 0.154. The van der Waals surface area contributed by atoms with Gasteiger partial charge in [0.25, 0.3) is 0 Å². The van der Waals surface area contributed by atoms with Gasteiger partial charge in [0.05, 0.1) is 7.11 Å². The summed E-state index contributed by atoms with van der Waals surface area (Å²) in [6.07, 6.45) is 0. The molecule has 0 saturated heterocycles. The summed E-state index contributed by atoms with van der Waals surface area (Å²) in [4.78, 5) is 11.0. The summed E-state index contributed by atoms with van der Waals surface area (Å²) < 4.78 is 5.13. The number of hydrogen-bond acceptors (Lipinski definition) is 3. The Kier molecular flexibility index (Phi) is 3.25. The van der Waals surface area contributed by atoms with Gasteiger partial charge in [0.2, 0.25) is 5.91 Å². The first-order valence-electron chi connectivity index (χ1n) is 5.21. The van der Waals surface area contributed by atoms with Crippen molar-refractivity contribution in [2.45, 2.75) is 0 Å². The van der Waals surface area contributed by atoms with Crippen LogP contribution in [0, 0.1) is 0 Å². The summed E-state index contributed by atoms with van der Waals surface area (Å²) in [7, 11) is 1.62. The minimum atomic E-state index is -0.513. The third-order valence-electron chi connectivity index (χ3n) is 2.47. The molecule has 17 heavy (non-hydrogen) atoms. The first kappa shape index (κ1) is 11.4. The molecule has 4 heteroatoms. The van der Waals surface area contributed by atoms with E-state index in [0.717, 1.165) is 16.5 Å². The van der Waals surface area contributed by atoms with Crippen molar-refractivity contribution in [2.75, 3.05) is 19.0 Å². The molecule has 2 N–H and O–H groups in total. The molecule has 4 nitrogen and oxygen atoms in total. The summed E-state index contributed by atoms with van der Waals surface area (Å²) in [6, 6.07) is 11.2. The van der Waals surface area contributed by atoms with E-state index in [0.29, 0.717) is 5.69 Å². The summed E-state index contributed by atoms with van der Waals surface area (Å²) in [6.45, 7) is -0.513. The van der Waals surface area contributed by atoms with Crippen LogP contribution in [0.1, 0.15) is 0 Å². The molecule has 88 valence electrons. The van der Waals surface area contributed by atoms with E-state index < -0.39 is 12.5 Å². The van der Waals surface area contributed by atoms with Crippen LogP contribution >= 0.6 is 0 Å². The largest absolute Gasteiger partial charge is 0.497 e. The Morgan fingerprint density at radius 1 is 1.24 bits per heavy atom. The Morgan fingerprint density at radius 2 is 1.94 bits per heavy atom. The van der Waals surface area contributed by atoms with Crippen LogP contribution in [0.4, 0.5) is 5.69 Å². The van der Waals surface area contributed by atoms with Gasteiger partial charge in [0, 0.05) is 5.69 Å². The summed E-state index contributed by atoms with van der Waals surface area (Å²) in [5, 5.41) is 13.3. The number of aliphatic hydroxyl groups excluding tert-OH is 1. The molecule has 1 amide bonds. The van der Waals surface area contributed by atoms with Crippen LogP contribution in [0.3, 0.4) is 0 Å². The molecular weight excluding hydrogens is 218 g/mol. The molecule has 0 aliphatic heterocycles. The highest BCUT2D eigenvalue weighted by Gasteiger charge is 2.02. The van der Waals surface area contributed by atoms with Crippen molar-refractivity contribution in [3.8, 4) is 5.75 Å². The second-order valence-electron chi connectivity index (χ2n) is 3.63. The Hall–Kier alpha value is -2.07. The number of carbonyl (C=O) groups excluding carboxylic acids is 1. The highest BCUT2D eigenvalue weighted by molar-refractivity contribution is 5.95. The molecule has 0 unspecified atom stereocenters. The lowest BCUT2D eigenvalue weighted by atomic mass is 10.1. The van der Waals surface area contributed by atoms with Crippen molar-refractivity contribution < 1.29 is 14.6 Å². The van der Waals surface area contributed by atoms with Crippen molar-refractivity contribution in [1.82, 2.24) is 0 Å². The second-order valence-corrected chi connectivity index (χ2v) is 3.63. The molecule has 2 aromatic rings. The van der Waals surface area contributed by atoms with Crippen molar-refractivity contribution >= 4 is 22.4 Å². The van der Waals surface area contributed by atoms with Crippen LogP contribution in [0.25, 0.3) is 10.8 Å². The van der Waals surface area contributed by atoms with E-state index in [2.05, 4.69) is 5.32 Å². The maximum atomic E-state index is 11.0. The van der Waals surface area contributed by atoms with Gasteiger partial charge in [-0.15, -0.1) is 0 Å². The zero-order valence-corrected chi connectivity index (χ0v) is 9.43. The fourth-order valence-electron chi connectivity index (χ4n) is 1.63. The van der Waals surface area contributed by atoms with Gasteiger partial charge in [-0.3, -0.25) is 4.79 Å². The van der Waals surface area contributed by atoms with Gasteiger partial charge >= 0.3 is 0 Å². The molecule has 0 fully saturated rings. The number of benzene rings is 2. The highest BCUT2D eigenvalue weighted by atomic mass is 16.5. The number of aliphatic hydroxyl groups is 1. The van der Waals surface area contributed by atoms with Crippen molar-refractivity contribution in [3.05, 3.63) is 36.4 Å². The maximum absolute atomic E-state index is 11.0. The predicted octanol–water partition coefficient (Wildman–Crippen LogP) is 1.78. The van der Waals surface area contributed by atoms with E-state index >= 15 is 0 Å². The molecule has 0 aliphatic carbocycles. The van der Waals surface area contributed by atoms with E-state index in [-0.39, 0.29) is 0 Å². The maximum Gasteiger partial charge on any atom is 0.250 e. The van der Waals surface area contributed by atoms with Gasteiger partial charge < -0.3 is 15.2 Å². The zero-order valence-electron chi connectivity index (χ0n) is 9.43. The number of ether oxygens (including phenoxy) is 1. The normalized spacial score (nSPS) is 10.2. The lowest BCUT2D eigenvalue weighted by molar-refractivity contribution is -0.118. The summed E-state index contributed by atoms with van der Waals surface area (Å²) in [5.74, 6) is 0.377. The van der Waals surface area contributed by atoms with Crippen LogP contribution in [0.5, 0.6) is 5.75 Å². The zero-order chi connectivity index (χ0) is 12.3.